The zero-order chi connectivity index (χ0) is 20.5. The summed E-state index contributed by atoms with van der Waals surface area (Å²) in [5.74, 6) is 0.909. The molecule has 30 heavy (non-hydrogen) atoms. The molecule has 2 aromatic heterocycles. The van der Waals surface area contributed by atoms with Crippen molar-refractivity contribution in [3.63, 3.8) is 0 Å². The van der Waals surface area contributed by atoms with Crippen molar-refractivity contribution in [2.45, 2.75) is 37.8 Å². The molecular weight excluding hydrogens is 395 g/mol. The van der Waals surface area contributed by atoms with E-state index >= 15 is 0 Å². The summed E-state index contributed by atoms with van der Waals surface area (Å²) in [5, 5.41) is 12.3. The number of halogens is 1. The molecule has 0 spiro atoms. The van der Waals surface area contributed by atoms with Gasteiger partial charge in [-0.1, -0.05) is 29.8 Å². The number of anilines is 1. The molecule has 1 aromatic carbocycles. The average Bonchev–Trinajstić information content (AvgIpc) is 3.16. The lowest BCUT2D eigenvalue weighted by molar-refractivity contribution is 0.130. The average molecular weight is 421 g/mol. The molecule has 2 aliphatic rings. The first-order valence-electron chi connectivity index (χ1n) is 10.8. The molecule has 2 fully saturated rings. The van der Waals surface area contributed by atoms with Gasteiger partial charge in [-0.15, -0.1) is 0 Å². The Balaban J connectivity index is 1.37. The monoisotopic (exact) mass is 420 g/mol. The van der Waals surface area contributed by atoms with E-state index in [4.69, 9.17) is 24.4 Å². The van der Waals surface area contributed by atoms with Crippen LogP contribution < -0.4 is 16.1 Å². The molecule has 2 radical (unpaired) electrons. The SMILES string of the molecule is [B]c1cnn2c(NC3CCN(C4CCNCC4)CC3)cc(-c3ccccc3Cl)nc12. The zero-order valence-electron chi connectivity index (χ0n) is 17.0. The molecule has 5 rings (SSSR count). The molecule has 0 unspecified atom stereocenters. The maximum Gasteiger partial charge on any atom is 0.150 e. The number of piperidine rings is 2. The van der Waals surface area contributed by atoms with Crippen LogP contribution in [0.4, 0.5) is 5.82 Å². The number of hydrogen-bond donors (Lipinski definition) is 2. The fourth-order valence-corrected chi connectivity index (χ4v) is 4.91. The summed E-state index contributed by atoms with van der Waals surface area (Å²) in [7, 11) is 6.15. The summed E-state index contributed by atoms with van der Waals surface area (Å²) in [4.78, 5) is 7.40. The summed E-state index contributed by atoms with van der Waals surface area (Å²) in [6.07, 6.45) is 6.41. The minimum Gasteiger partial charge on any atom is -0.367 e. The van der Waals surface area contributed by atoms with Gasteiger partial charge in [-0.05, 0) is 50.3 Å². The Morgan fingerprint density at radius 2 is 1.87 bits per heavy atom. The van der Waals surface area contributed by atoms with Crippen molar-refractivity contribution in [2.75, 3.05) is 31.5 Å². The van der Waals surface area contributed by atoms with Gasteiger partial charge in [-0.3, -0.25) is 0 Å². The van der Waals surface area contributed by atoms with Crippen molar-refractivity contribution in [1.29, 1.82) is 0 Å². The lowest BCUT2D eigenvalue weighted by atomic mass is 9.98. The highest BCUT2D eigenvalue weighted by Gasteiger charge is 2.26. The van der Waals surface area contributed by atoms with E-state index in [-0.39, 0.29) is 0 Å². The molecule has 154 valence electrons. The fraction of sp³-hybridized carbons (Fsp3) is 0.455. The van der Waals surface area contributed by atoms with E-state index in [9.17, 15) is 0 Å². The number of aromatic nitrogens is 3. The second kappa shape index (κ2) is 8.57. The summed E-state index contributed by atoms with van der Waals surface area (Å²) >= 11 is 6.43. The standard InChI is InChI=1S/C22H26BClN6/c23-18-14-26-30-21(13-20(28-22(18)30)17-3-1-2-4-19(17)24)27-15-7-11-29(12-8-15)16-5-9-25-10-6-16/h1-4,13-16,25,27H,5-12H2. The molecule has 6 nitrogen and oxygen atoms in total. The van der Waals surface area contributed by atoms with Crippen molar-refractivity contribution in [2.24, 2.45) is 0 Å². The third kappa shape index (κ3) is 3.94. The highest BCUT2D eigenvalue weighted by atomic mass is 35.5. The zero-order valence-corrected chi connectivity index (χ0v) is 17.8. The molecule has 4 heterocycles. The minimum atomic E-state index is 0.401. The Kier molecular flexibility index (Phi) is 5.67. The number of benzene rings is 1. The van der Waals surface area contributed by atoms with Gasteiger partial charge in [0.25, 0.3) is 0 Å². The van der Waals surface area contributed by atoms with Gasteiger partial charge in [-0.25, -0.2) is 4.98 Å². The van der Waals surface area contributed by atoms with Crippen LogP contribution in [0.1, 0.15) is 25.7 Å². The Bertz CT molecular complexity index is 1020. The normalized spacial score (nSPS) is 19.4. The van der Waals surface area contributed by atoms with Crippen LogP contribution in [0.25, 0.3) is 16.9 Å². The van der Waals surface area contributed by atoms with E-state index in [0.29, 0.717) is 22.2 Å². The van der Waals surface area contributed by atoms with Crippen LogP contribution in [-0.2, 0) is 0 Å². The maximum absolute atomic E-state index is 6.43. The van der Waals surface area contributed by atoms with Crippen LogP contribution in [0.3, 0.4) is 0 Å². The largest absolute Gasteiger partial charge is 0.367 e. The van der Waals surface area contributed by atoms with Crippen LogP contribution in [-0.4, -0.2) is 65.6 Å². The van der Waals surface area contributed by atoms with E-state index in [1.54, 1.807) is 10.7 Å². The van der Waals surface area contributed by atoms with Crippen molar-refractivity contribution >= 4 is 36.4 Å². The van der Waals surface area contributed by atoms with E-state index in [1.807, 2.05) is 30.3 Å². The first-order valence-corrected chi connectivity index (χ1v) is 11.2. The predicted octanol–water partition coefficient (Wildman–Crippen LogP) is 2.47. The third-order valence-electron chi connectivity index (χ3n) is 6.36. The molecule has 8 heteroatoms. The van der Waals surface area contributed by atoms with Gasteiger partial charge in [0, 0.05) is 48.0 Å². The van der Waals surface area contributed by atoms with E-state index in [2.05, 4.69) is 20.6 Å². The van der Waals surface area contributed by atoms with Crippen molar-refractivity contribution in [1.82, 2.24) is 24.8 Å². The van der Waals surface area contributed by atoms with Crippen LogP contribution in [0.15, 0.2) is 36.5 Å². The van der Waals surface area contributed by atoms with Gasteiger partial charge in [-0.2, -0.15) is 9.61 Å². The number of nitrogens with zero attached hydrogens (tertiary/aromatic N) is 4. The molecule has 0 amide bonds. The molecule has 0 aliphatic carbocycles. The second-order valence-electron chi connectivity index (χ2n) is 8.28. The molecule has 2 aliphatic heterocycles. The number of hydrogen-bond acceptors (Lipinski definition) is 5. The molecular formula is C22H26BClN6. The summed E-state index contributed by atoms with van der Waals surface area (Å²) in [6, 6.07) is 10.9. The lowest BCUT2D eigenvalue weighted by Crippen LogP contribution is -2.48. The van der Waals surface area contributed by atoms with Crippen molar-refractivity contribution in [3.8, 4) is 11.3 Å². The summed E-state index contributed by atoms with van der Waals surface area (Å²) < 4.78 is 1.80. The molecule has 0 saturated carbocycles. The second-order valence-corrected chi connectivity index (χ2v) is 8.68. The highest BCUT2D eigenvalue weighted by Crippen LogP contribution is 2.29. The smallest absolute Gasteiger partial charge is 0.150 e. The fourth-order valence-electron chi connectivity index (χ4n) is 4.68. The summed E-state index contributed by atoms with van der Waals surface area (Å²) in [5.41, 5.74) is 2.91. The predicted molar refractivity (Wildman–Crippen MR) is 123 cm³/mol. The molecule has 3 aromatic rings. The van der Waals surface area contributed by atoms with Gasteiger partial charge in [0.15, 0.2) is 5.65 Å². The molecule has 0 bridgehead atoms. The molecule has 2 N–H and O–H groups in total. The quantitative estimate of drug-likeness (QED) is 0.635. The van der Waals surface area contributed by atoms with Crippen molar-refractivity contribution < 1.29 is 0 Å². The molecule has 2 saturated heterocycles. The number of nitrogens with one attached hydrogen (secondary N) is 2. The van der Waals surface area contributed by atoms with Gasteiger partial charge in [0.05, 0.1) is 5.69 Å². The van der Waals surface area contributed by atoms with Gasteiger partial charge >= 0.3 is 0 Å². The molecule has 0 atom stereocenters. The number of fused-ring (bicyclic) bond motifs is 1. The lowest BCUT2D eigenvalue weighted by Gasteiger charge is -2.39. The van der Waals surface area contributed by atoms with E-state index < -0.39 is 0 Å². The Labute approximate surface area is 183 Å². The number of likely N-dealkylation sites (tertiary alicyclic amines) is 1. The van der Waals surface area contributed by atoms with Crippen LogP contribution in [0.2, 0.25) is 5.02 Å². The van der Waals surface area contributed by atoms with Gasteiger partial charge < -0.3 is 15.5 Å². The van der Waals surface area contributed by atoms with Gasteiger partial charge in [0.2, 0.25) is 0 Å². The first-order chi connectivity index (χ1) is 14.7. The Hall–Kier alpha value is -2.09. The summed E-state index contributed by atoms with van der Waals surface area (Å²) in [6.45, 7) is 4.55. The van der Waals surface area contributed by atoms with Crippen LogP contribution >= 0.6 is 11.6 Å². The van der Waals surface area contributed by atoms with Gasteiger partial charge in [0.1, 0.15) is 13.7 Å². The van der Waals surface area contributed by atoms with Crippen LogP contribution in [0, 0.1) is 0 Å². The Morgan fingerprint density at radius 1 is 1.10 bits per heavy atom. The topological polar surface area (TPSA) is 57.5 Å². The van der Waals surface area contributed by atoms with E-state index in [0.717, 1.165) is 62.1 Å². The Morgan fingerprint density at radius 3 is 2.63 bits per heavy atom. The minimum absolute atomic E-state index is 0.401. The van der Waals surface area contributed by atoms with E-state index in [1.165, 1.54) is 12.8 Å². The van der Waals surface area contributed by atoms with Crippen LogP contribution in [0.5, 0.6) is 0 Å². The highest BCUT2D eigenvalue weighted by molar-refractivity contribution is 6.36. The maximum atomic E-state index is 6.43. The first kappa shape index (κ1) is 19.9. The number of rotatable bonds is 4. The van der Waals surface area contributed by atoms with Crippen molar-refractivity contribution in [3.05, 3.63) is 41.6 Å². The third-order valence-corrected chi connectivity index (χ3v) is 6.69.